The molecule has 28 heavy (non-hydrogen) atoms. The standard InChI is InChI=1S/C19H18FN3O5/c20-14-7-5-13(6-8-14)12-28-21-18-4-2-1-3-16(18)17-10-9-15(22(24)25)11-19(17)23(26)27/h5-11,16H,1-4,12H2/b21-18-. The fraction of sp³-hybridized carbons (Fsp3) is 0.316. The summed E-state index contributed by atoms with van der Waals surface area (Å²) >= 11 is 0. The van der Waals surface area contributed by atoms with E-state index in [2.05, 4.69) is 5.16 Å². The third-order valence-corrected chi connectivity index (χ3v) is 4.70. The normalized spacial score (nSPS) is 18.0. The Morgan fingerprint density at radius 3 is 2.50 bits per heavy atom. The van der Waals surface area contributed by atoms with E-state index in [1.165, 1.54) is 24.3 Å². The molecule has 2 aromatic rings. The van der Waals surface area contributed by atoms with E-state index in [0.29, 0.717) is 24.1 Å². The van der Waals surface area contributed by atoms with E-state index in [4.69, 9.17) is 4.84 Å². The van der Waals surface area contributed by atoms with Crippen molar-refractivity contribution in [2.75, 3.05) is 0 Å². The number of nitro groups is 2. The maximum absolute atomic E-state index is 13.0. The summed E-state index contributed by atoms with van der Waals surface area (Å²) in [5.74, 6) is -0.670. The molecule has 9 heteroatoms. The molecular formula is C19H18FN3O5. The van der Waals surface area contributed by atoms with Gasteiger partial charge in [0.15, 0.2) is 0 Å². The Morgan fingerprint density at radius 1 is 1.07 bits per heavy atom. The van der Waals surface area contributed by atoms with Crippen molar-refractivity contribution in [2.45, 2.75) is 38.2 Å². The minimum atomic E-state index is -0.654. The summed E-state index contributed by atoms with van der Waals surface area (Å²) in [5.41, 5.74) is 1.22. The van der Waals surface area contributed by atoms with Crippen molar-refractivity contribution >= 4 is 17.1 Å². The lowest BCUT2D eigenvalue weighted by atomic mass is 9.81. The molecule has 1 fully saturated rings. The Balaban J connectivity index is 1.83. The van der Waals surface area contributed by atoms with Crippen LogP contribution in [0.3, 0.4) is 0 Å². The molecule has 1 atom stereocenters. The van der Waals surface area contributed by atoms with Gasteiger partial charge in [-0.1, -0.05) is 23.7 Å². The van der Waals surface area contributed by atoms with Gasteiger partial charge in [-0.25, -0.2) is 4.39 Å². The summed E-state index contributed by atoms with van der Waals surface area (Å²) in [6, 6.07) is 9.53. The molecule has 1 saturated carbocycles. The van der Waals surface area contributed by atoms with Crippen LogP contribution in [0.5, 0.6) is 0 Å². The molecule has 0 saturated heterocycles. The van der Waals surface area contributed by atoms with Gasteiger partial charge in [0.05, 0.1) is 21.6 Å². The predicted molar refractivity (Wildman–Crippen MR) is 99.6 cm³/mol. The molecule has 3 rings (SSSR count). The van der Waals surface area contributed by atoms with Crippen LogP contribution in [0.25, 0.3) is 0 Å². The average molecular weight is 387 g/mol. The van der Waals surface area contributed by atoms with Gasteiger partial charge >= 0.3 is 0 Å². The fourth-order valence-electron chi connectivity index (χ4n) is 3.31. The molecule has 1 aliphatic rings. The molecule has 146 valence electrons. The number of hydrogen-bond donors (Lipinski definition) is 0. The lowest BCUT2D eigenvalue weighted by Crippen LogP contribution is -2.19. The Bertz CT molecular complexity index is 914. The second kappa shape index (κ2) is 8.55. The van der Waals surface area contributed by atoms with E-state index >= 15 is 0 Å². The third-order valence-electron chi connectivity index (χ3n) is 4.70. The van der Waals surface area contributed by atoms with Gasteiger partial charge < -0.3 is 4.84 Å². The van der Waals surface area contributed by atoms with E-state index in [9.17, 15) is 24.6 Å². The van der Waals surface area contributed by atoms with E-state index in [0.717, 1.165) is 24.5 Å². The third kappa shape index (κ3) is 4.48. The van der Waals surface area contributed by atoms with Crippen LogP contribution in [0.4, 0.5) is 15.8 Å². The number of halogens is 1. The highest BCUT2D eigenvalue weighted by atomic mass is 19.1. The predicted octanol–water partition coefficient (Wildman–Crippen LogP) is 4.87. The van der Waals surface area contributed by atoms with Gasteiger partial charge in [-0.2, -0.15) is 0 Å². The van der Waals surface area contributed by atoms with Crippen molar-refractivity contribution in [3.05, 3.63) is 79.6 Å². The highest BCUT2D eigenvalue weighted by molar-refractivity contribution is 5.92. The number of nitrogens with zero attached hydrogens (tertiary/aromatic N) is 3. The van der Waals surface area contributed by atoms with Crippen LogP contribution in [-0.4, -0.2) is 15.6 Å². The van der Waals surface area contributed by atoms with Crippen molar-refractivity contribution < 1.29 is 19.1 Å². The number of rotatable bonds is 6. The quantitative estimate of drug-likeness (QED) is 0.519. The minimum Gasteiger partial charge on any atom is -0.391 e. The van der Waals surface area contributed by atoms with E-state index in [1.54, 1.807) is 12.1 Å². The fourth-order valence-corrected chi connectivity index (χ4v) is 3.31. The van der Waals surface area contributed by atoms with Gasteiger partial charge in [-0.05, 0) is 43.0 Å². The molecule has 0 heterocycles. The Labute approximate surface area is 159 Å². The SMILES string of the molecule is O=[N+]([O-])c1ccc(C2CCCC/C2=N/OCc2ccc(F)cc2)c([N+](=O)[O-])c1. The zero-order chi connectivity index (χ0) is 20.1. The van der Waals surface area contributed by atoms with Gasteiger partial charge in [0.25, 0.3) is 11.4 Å². The van der Waals surface area contributed by atoms with Gasteiger partial charge in [0, 0.05) is 17.5 Å². The second-order valence-electron chi connectivity index (χ2n) is 6.54. The maximum atomic E-state index is 13.0. The van der Waals surface area contributed by atoms with Crippen molar-refractivity contribution in [3.63, 3.8) is 0 Å². The van der Waals surface area contributed by atoms with E-state index < -0.39 is 9.85 Å². The first-order valence-electron chi connectivity index (χ1n) is 8.81. The molecular weight excluding hydrogens is 369 g/mol. The topological polar surface area (TPSA) is 108 Å². The first-order valence-corrected chi connectivity index (χ1v) is 8.81. The summed E-state index contributed by atoms with van der Waals surface area (Å²) in [6.07, 6.45) is 3.03. The molecule has 0 N–H and O–H groups in total. The lowest BCUT2D eigenvalue weighted by molar-refractivity contribution is -0.394. The Morgan fingerprint density at radius 2 is 1.82 bits per heavy atom. The Kier molecular flexibility index (Phi) is 5.93. The average Bonchev–Trinajstić information content (AvgIpc) is 2.69. The molecule has 2 aromatic carbocycles. The molecule has 0 amide bonds. The monoisotopic (exact) mass is 387 g/mol. The van der Waals surface area contributed by atoms with Crippen molar-refractivity contribution in [3.8, 4) is 0 Å². The second-order valence-corrected chi connectivity index (χ2v) is 6.54. The van der Waals surface area contributed by atoms with Crippen molar-refractivity contribution in [2.24, 2.45) is 5.16 Å². The van der Waals surface area contributed by atoms with Crippen LogP contribution in [0.1, 0.15) is 42.7 Å². The molecule has 8 nitrogen and oxygen atoms in total. The Hall–Kier alpha value is -3.36. The van der Waals surface area contributed by atoms with Gasteiger partial charge in [-0.3, -0.25) is 20.2 Å². The van der Waals surface area contributed by atoms with Crippen LogP contribution < -0.4 is 0 Å². The largest absolute Gasteiger partial charge is 0.391 e. The number of non-ortho nitro benzene ring substituents is 1. The first-order chi connectivity index (χ1) is 13.5. The molecule has 1 unspecified atom stereocenters. The zero-order valence-electron chi connectivity index (χ0n) is 14.9. The zero-order valence-corrected chi connectivity index (χ0v) is 14.9. The molecule has 0 bridgehead atoms. The molecule has 0 aliphatic heterocycles. The van der Waals surface area contributed by atoms with Gasteiger partial charge in [0.2, 0.25) is 0 Å². The van der Waals surface area contributed by atoms with Crippen LogP contribution in [0.15, 0.2) is 47.6 Å². The first kappa shape index (κ1) is 19.4. The van der Waals surface area contributed by atoms with Gasteiger partial charge in [0.1, 0.15) is 12.4 Å². The summed E-state index contributed by atoms with van der Waals surface area (Å²) in [7, 11) is 0. The number of oxime groups is 1. The van der Waals surface area contributed by atoms with Crippen LogP contribution in [-0.2, 0) is 11.4 Å². The smallest absolute Gasteiger partial charge is 0.280 e. The van der Waals surface area contributed by atoms with Gasteiger partial charge in [-0.15, -0.1) is 0 Å². The summed E-state index contributed by atoms with van der Waals surface area (Å²) in [6.45, 7) is 0.152. The van der Waals surface area contributed by atoms with Crippen LogP contribution in [0, 0.1) is 26.0 Å². The summed E-state index contributed by atoms with van der Waals surface area (Å²) < 4.78 is 13.0. The summed E-state index contributed by atoms with van der Waals surface area (Å²) in [4.78, 5) is 26.5. The number of hydrogen-bond acceptors (Lipinski definition) is 6. The van der Waals surface area contributed by atoms with Crippen LogP contribution >= 0.6 is 0 Å². The van der Waals surface area contributed by atoms with Crippen LogP contribution in [0.2, 0.25) is 0 Å². The van der Waals surface area contributed by atoms with Crippen molar-refractivity contribution in [1.82, 2.24) is 0 Å². The molecule has 0 radical (unpaired) electrons. The molecule has 1 aliphatic carbocycles. The number of nitro benzene ring substituents is 2. The molecule has 0 spiro atoms. The highest BCUT2D eigenvalue weighted by Crippen LogP contribution is 2.37. The van der Waals surface area contributed by atoms with Crippen molar-refractivity contribution in [1.29, 1.82) is 0 Å². The summed E-state index contributed by atoms with van der Waals surface area (Å²) in [5, 5.41) is 26.6. The maximum Gasteiger partial charge on any atom is 0.280 e. The lowest BCUT2D eigenvalue weighted by Gasteiger charge is -2.23. The van der Waals surface area contributed by atoms with E-state index in [-0.39, 0.29) is 29.7 Å². The minimum absolute atomic E-state index is 0.152. The highest BCUT2D eigenvalue weighted by Gasteiger charge is 2.30. The number of benzene rings is 2. The molecule has 0 aromatic heterocycles. The van der Waals surface area contributed by atoms with E-state index in [1.807, 2.05) is 0 Å².